The molecule has 5 aromatic rings. The molecule has 0 saturated carbocycles. The number of furan rings is 1. The topological polar surface area (TPSA) is 106 Å². The van der Waals surface area contributed by atoms with Gasteiger partial charge in [-0.05, 0) is 124 Å². The molecule has 1 aromatic heterocycles. The number of hydrogen-bond donors (Lipinski definition) is 1. The third-order valence-electron chi connectivity index (χ3n) is 12.1. The van der Waals surface area contributed by atoms with E-state index >= 15 is 0 Å². The maximum absolute atomic E-state index is 14.3. The van der Waals surface area contributed by atoms with E-state index in [2.05, 4.69) is 35.9 Å². The van der Waals surface area contributed by atoms with Gasteiger partial charge in [-0.2, -0.15) is 0 Å². The lowest BCUT2D eigenvalue weighted by Gasteiger charge is -2.35. The van der Waals surface area contributed by atoms with Gasteiger partial charge in [0.15, 0.2) is 5.78 Å². The number of anilines is 1. The quantitative estimate of drug-likeness (QED) is 0.100. The molecule has 0 radical (unpaired) electrons. The number of nitrogens with one attached hydrogen (secondary N) is 1. The molecule has 2 aliphatic rings. The summed E-state index contributed by atoms with van der Waals surface area (Å²) in [4.78, 5) is 63.8. The van der Waals surface area contributed by atoms with Crippen molar-refractivity contribution >= 4 is 40.2 Å². The second kappa shape index (κ2) is 19.7. The molecule has 1 N–H and O–H groups in total. The monoisotopic (exact) mass is 809 g/mol. The summed E-state index contributed by atoms with van der Waals surface area (Å²) in [5, 5.41) is 3.95. The normalized spacial score (nSPS) is 17.7. The zero-order valence-electron chi connectivity index (χ0n) is 35.5. The molecule has 3 amide bonds. The van der Waals surface area contributed by atoms with Gasteiger partial charge in [-0.25, -0.2) is 0 Å². The first-order valence-corrected chi connectivity index (χ1v) is 21.8. The summed E-state index contributed by atoms with van der Waals surface area (Å²) in [5.41, 5.74) is 4.97. The molecule has 314 valence electrons. The van der Waals surface area contributed by atoms with Crippen molar-refractivity contribution in [3.63, 3.8) is 0 Å². The Morgan fingerprint density at radius 1 is 0.717 bits per heavy atom. The van der Waals surface area contributed by atoms with Crippen LogP contribution in [0.2, 0.25) is 0 Å². The number of likely N-dealkylation sites (tertiary alicyclic amines) is 2. The lowest BCUT2D eigenvalue weighted by Crippen LogP contribution is -2.48. The summed E-state index contributed by atoms with van der Waals surface area (Å²) in [7, 11) is 1.97. The molecule has 10 nitrogen and oxygen atoms in total. The lowest BCUT2D eigenvalue weighted by molar-refractivity contribution is -0.142. The first-order valence-electron chi connectivity index (χ1n) is 21.8. The van der Waals surface area contributed by atoms with Gasteiger partial charge in [0, 0.05) is 36.1 Å². The Hall–Kier alpha value is -5.58. The van der Waals surface area contributed by atoms with Crippen LogP contribution in [0.5, 0.6) is 0 Å². The molecule has 0 unspecified atom stereocenters. The molecule has 4 atom stereocenters. The predicted octanol–water partition coefficient (Wildman–Crippen LogP) is 8.69. The number of carbonyl (C=O) groups excluding carboxylic acids is 4. The number of Topliss-reactive ketones (excluding diaryl/α,β-unsaturated/α-hetero) is 1. The molecule has 2 fully saturated rings. The van der Waals surface area contributed by atoms with E-state index in [1.807, 2.05) is 121 Å². The van der Waals surface area contributed by atoms with Gasteiger partial charge in [0.25, 0.3) is 0 Å². The first-order chi connectivity index (χ1) is 29.2. The Morgan fingerprint density at radius 3 is 1.95 bits per heavy atom. The fourth-order valence-corrected chi connectivity index (χ4v) is 9.19. The highest BCUT2D eigenvalue weighted by atomic mass is 16.3. The van der Waals surface area contributed by atoms with E-state index in [4.69, 9.17) is 4.42 Å². The van der Waals surface area contributed by atoms with Crippen LogP contribution in [-0.4, -0.2) is 95.0 Å². The summed E-state index contributed by atoms with van der Waals surface area (Å²) in [6, 6.07) is 33.2. The largest absolute Gasteiger partial charge is 0.456 e. The summed E-state index contributed by atoms with van der Waals surface area (Å²) in [6.07, 6.45) is 4.95. The van der Waals surface area contributed by atoms with E-state index < -0.39 is 24.2 Å². The molecule has 10 heteroatoms. The van der Waals surface area contributed by atoms with Gasteiger partial charge < -0.3 is 19.5 Å². The average Bonchev–Trinajstić information content (AvgIpc) is 4.05. The van der Waals surface area contributed by atoms with Gasteiger partial charge in [-0.15, -0.1) is 0 Å². The number of carbonyl (C=O) groups is 4. The van der Waals surface area contributed by atoms with E-state index in [-0.39, 0.29) is 29.9 Å². The predicted molar refractivity (Wildman–Crippen MR) is 237 cm³/mol. The minimum absolute atomic E-state index is 0.00582. The minimum Gasteiger partial charge on any atom is -0.456 e. The van der Waals surface area contributed by atoms with E-state index in [0.29, 0.717) is 43.0 Å². The van der Waals surface area contributed by atoms with Gasteiger partial charge in [-0.1, -0.05) is 87.5 Å². The van der Waals surface area contributed by atoms with E-state index in [1.165, 1.54) is 0 Å². The van der Waals surface area contributed by atoms with Crippen LogP contribution in [0.25, 0.3) is 22.3 Å². The van der Waals surface area contributed by atoms with Crippen LogP contribution < -0.4 is 5.32 Å². The fourth-order valence-electron chi connectivity index (χ4n) is 9.19. The SMILES string of the molecule is CCCN(C)[C@@H](C(=O)N1CCC[C@H]1C(=O)Nc1ccc(-c2cc3cc(CC(=O)[C@@H]4CCCN4C(=O)[C@@H](c4ccccc4)N(CC)CCC)ccc3o2)cc1)c1ccccc1. The van der Waals surface area contributed by atoms with Crippen molar-refractivity contribution in [1.82, 2.24) is 19.6 Å². The van der Waals surface area contributed by atoms with Crippen molar-refractivity contribution < 1.29 is 23.6 Å². The average molecular weight is 810 g/mol. The molecule has 3 heterocycles. The highest BCUT2D eigenvalue weighted by Gasteiger charge is 2.40. The lowest BCUT2D eigenvalue weighted by atomic mass is 9.99. The Labute approximate surface area is 354 Å². The van der Waals surface area contributed by atoms with Gasteiger partial charge in [0.05, 0.1) is 6.04 Å². The number of fused-ring (bicyclic) bond motifs is 1. The maximum atomic E-state index is 14.3. The number of amides is 3. The van der Waals surface area contributed by atoms with Crippen LogP contribution in [-0.2, 0) is 25.6 Å². The molecule has 7 rings (SSSR count). The molecular weight excluding hydrogens is 751 g/mol. The van der Waals surface area contributed by atoms with Crippen molar-refractivity contribution in [2.75, 3.05) is 45.1 Å². The maximum Gasteiger partial charge on any atom is 0.247 e. The van der Waals surface area contributed by atoms with Crippen LogP contribution in [0.1, 0.15) is 88.1 Å². The number of nitrogens with zero attached hydrogens (tertiary/aromatic N) is 4. The molecular formula is C50H59N5O5. The van der Waals surface area contributed by atoms with Gasteiger partial charge >= 0.3 is 0 Å². The third kappa shape index (κ3) is 9.40. The molecule has 0 spiro atoms. The minimum atomic E-state index is -0.546. The summed E-state index contributed by atoms with van der Waals surface area (Å²) < 4.78 is 6.24. The van der Waals surface area contributed by atoms with Crippen molar-refractivity contribution in [3.8, 4) is 11.3 Å². The zero-order valence-corrected chi connectivity index (χ0v) is 35.5. The van der Waals surface area contributed by atoms with Crippen LogP contribution in [0.3, 0.4) is 0 Å². The molecule has 0 aliphatic carbocycles. The van der Waals surface area contributed by atoms with Gasteiger partial charge in [0.2, 0.25) is 17.7 Å². The Balaban J connectivity index is 0.998. The Kier molecular flexibility index (Phi) is 13.9. The smallest absolute Gasteiger partial charge is 0.247 e. The third-order valence-corrected chi connectivity index (χ3v) is 12.1. The van der Waals surface area contributed by atoms with Gasteiger partial charge in [0.1, 0.15) is 29.5 Å². The fraction of sp³-hybridized carbons (Fsp3) is 0.400. The highest BCUT2D eigenvalue weighted by Crippen LogP contribution is 2.33. The van der Waals surface area contributed by atoms with Crippen molar-refractivity contribution in [1.29, 1.82) is 0 Å². The van der Waals surface area contributed by atoms with Crippen molar-refractivity contribution in [2.24, 2.45) is 0 Å². The zero-order chi connectivity index (χ0) is 42.2. The number of benzene rings is 4. The van der Waals surface area contributed by atoms with E-state index in [9.17, 15) is 19.2 Å². The number of ketones is 1. The second-order valence-corrected chi connectivity index (χ2v) is 16.3. The molecule has 4 aromatic carbocycles. The summed E-state index contributed by atoms with van der Waals surface area (Å²) >= 11 is 0. The van der Waals surface area contributed by atoms with Crippen molar-refractivity contribution in [3.05, 3.63) is 126 Å². The molecule has 0 bridgehead atoms. The standard InChI is InChI=1S/C50H59N5O5/c1-5-28-52(4)46(37-16-10-8-11-17-37)49(58)55-31-15-21-42(55)48(57)51-40-25-23-36(24-26-40)45-34-39-32-35(22-27-44(39)60-45)33-43(56)41-20-14-30-54(41)50(59)47(53(7-3)29-6-2)38-18-12-9-13-19-38/h8-13,16-19,22-27,32,34,41-42,46-47H,5-7,14-15,20-21,28-31,33H2,1-4H3,(H,51,57)/t41-,42-,46+,47+/m0/s1. The van der Waals surface area contributed by atoms with Crippen LogP contribution >= 0.6 is 0 Å². The van der Waals surface area contributed by atoms with Crippen molar-refractivity contribution in [2.45, 2.75) is 89.9 Å². The van der Waals surface area contributed by atoms with E-state index in [1.54, 1.807) is 4.90 Å². The molecule has 60 heavy (non-hydrogen) atoms. The van der Waals surface area contributed by atoms with Crippen LogP contribution in [0, 0.1) is 0 Å². The molecule has 2 aliphatic heterocycles. The number of rotatable bonds is 17. The first kappa shape index (κ1) is 42.5. The van der Waals surface area contributed by atoms with Gasteiger partial charge in [-0.3, -0.25) is 29.0 Å². The molecule has 2 saturated heterocycles. The Morgan fingerprint density at radius 2 is 1.32 bits per heavy atom. The number of hydrogen-bond acceptors (Lipinski definition) is 7. The summed E-state index contributed by atoms with van der Waals surface area (Å²) in [6.45, 7) is 9.76. The van der Waals surface area contributed by atoms with E-state index in [0.717, 1.165) is 73.0 Å². The van der Waals surface area contributed by atoms with Crippen LogP contribution in [0.4, 0.5) is 5.69 Å². The Bertz CT molecular complexity index is 2240. The highest BCUT2D eigenvalue weighted by molar-refractivity contribution is 5.99. The van der Waals surface area contributed by atoms with Crippen LogP contribution in [0.15, 0.2) is 114 Å². The summed E-state index contributed by atoms with van der Waals surface area (Å²) in [5.74, 6) is 0.499. The second-order valence-electron chi connectivity index (χ2n) is 16.3. The number of likely N-dealkylation sites (N-methyl/N-ethyl adjacent to an activating group) is 2.